The maximum atomic E-state index is 11.5. The number of pyridine rings is 1. The van der Waals surface area contributed by atoms with Crippen molar-refractivity contribution in [2.24, 2.45) is 0 Å². The molecule has 74 valence electrons. The van der Waals surface area contributed by atoms with E-state index in [9.17, 15) is 4.79 Å². The lowest BCUT2D eigenvalue weighted by molar-refractivity contribution is 0.104. The molecule has 0 amide bonds. The van der Waals surface area contributed by atoms with E-state index in [2.05, 4.69) is 4.98 Å². The first-order valence-corrected chi connectivity index (χ1v) is 4.53. The maximum absolute atomic E-state index is 11.5. The number of hydrogen-bond donors (Lipinski definition) is 0. The fourth-order valence-corrected chi connectivity index (χ4v) is 1.14. The fourth-order valence-electron chi connectivity index (χ4n) is 1.14. The van der Waals surface area contributed by atoms with Crippen LogP contribution >= 0.6 is 0 Å². The number of allylic oxidation sites excluding steroid dienone is 1. The van der Waals surface area contributed by atoms with Crippen LogP contribution < -0.4 is 0 Å². The van der Waals surface area contributed by atoms with Gasteiger partial charge in [0.05, 0.1) is 6.26 Å². The first-order valence-electron chi connectivity index (χ1n) is 4.53. The van der Waals surface area contributed by atoms with Crippen molar-refractivity contribution in [1.82, 2.24) is 4.98 Å². The Hall–Kier alpha value is -2.16. The van der Waals surface area contributed by atoms with Crippen LogP contribution in [0.2, 0.25) is 0 Å². The van der Waals surface area contributed by atoms with Crippen molar-refractivity contribution in [2.45, 2.75) is 0 Å². The van der Waals surface area contributed by atoms with E-state index in [-0.39, 0.29) is 5.78 Å². The predicted octanol–water partition coefficient (Wildman–Crippen LogP) is 2.57. The molecule has 0 atom stereocenters. The maximum Gasteiger partial charge on any atom is 0.204 e. The Morgan fingerprint density at radius 1 is 1.27 bits per heavy atom. The van der Waals surface area contributed by atoms with Crippen LogP contribution in [0.5, 0.6) is 0 Å². The number of carbonyl (C=O) groups is 1. The van der Waals surface area contributed by atoms with E-state index in [1.807, 2.05) is 0 Å². The first-order chi connectivity index (χ1) is 7.36. The van der Waals surface area contributed by atoms with Gasteiger partial charge in [-0.25, -0.2) is 0 Å². The molecule has 15 heavy (non-hydrogen) atoms. The SMILES string of the molecule is O=C(/C=C/c1ccco1)c1ccccn1. The Morgan fingerprint density at radius 2 is 2.20 bits per heavy atom. The largest absolute Gasteiger partial charge is 0.465 e. The highest BCUT2D eigenvalue weighted by atomic mass is 16.3. The molecule has 2 aromatic rings. The van der Waals surface area contributed by atoms with Crippen molar-refractivity contribution >= 4 is 11.9 Å². The summed E-state index contributed by atoms with van der Waals surface area (Å²) in [6, 6.07) is 8.77. The van der Waals surface area contributed by atoms with Crippen LogP contribution in [0.3, 0.4) is 0 Å². The quantitative estimate of drug-likeness (QED) is 0.563. The molecule has 0 fully saturated rings. The van der Waals surface area contributed by atoms with E-state index in [4.69, 9.17) is 4.42 Å². The van der Waals surface area contributed by atoms with Crippen molar-refractivity contribution in [3.8, 4) is 0 Å². The van der Waals surface area contributed by atoms with E-state index in [1.54, 1.807) is 48.9 Å². The molecule has 0 radical (unpaired) electrons. The normalized spacial score (nSPS) is 10.7. The van der Waals surface area contributed by atoms with E-state index in [1.165, 1.54) is 6.08 Å². The average molecular weight is 199 g/mol. The lowest BCUT2D eigenvalue weighted by Crippen LogP contribution is -1.96. The summed E-state index contributed by atoms with van der Waals surface area (Å²) < 4.78 is 5.06. The predicted molar refractivity (Wildman–Crippen MR) is 56.3 cm³/mol. The van der Waals surface area contributed by atoms with Gasteiger partial charge in [-0.1, -0.05) is 6.07 Å². The Kier molecular flexibility index (Phi) is 2.74. The van der Waals surface area contributed by atoms with Gasteiger partial charge in [0.2, 0.25) is 5.78 Å². The molecule has 0 aliphatic carbocycles. The second-order valence-corrected chi connectivity index (χ2v) is 2.93. The van der Waals surface area contributed by atoms with Gasteiger partial charge in [0.1, 0.15) is 11.5 Å². The number of ketones is 1. The second-order valence-electron chi connectivity index (χ2n) is 2.93. The molecule has 0 saturated carbocycles. The zero-order valence-electron chi connectivity index (χ0n) is 7.96. The van der Waals surface area contributed by atoms with Crippen LogP contribution in [-0.4, -0.2) is 10.8 Å². The lowest BCUT2D eigenvalue weighted by Gasteiger charge is -1.91. The molecule has 0 unspecified atom stereocenters. The van der Waals surface area contributed by atoms with Gasteiger partial charge in [-0.15, -0.1) is 0 Å². The van der Waals surface area contributed by atoms with E-state index < -0.39 is 0 Å². The molecule has 3 heteroatoms. The Labute approximate surface area is 87.1 Å². The highest BCUT2D eigenvalue weighted by Gasteiger charge is 2.01. The topological polar surface area (TPSA) is 43.1 Å². The van der Waals surface area contributed by atoms with Gasteiger partial charge < -0.3 is 4.42 Å². The van der Waals surface area contributed by atoms with Gasteiger partial charge in [0, 0.05) is 6.20 Å². The van der Waals surface area contributed by atoms with Crippen molar-refractivity contribution < 1.29 is 9.21 Å². The molecule has 0 spiro atoms. The summed E-state index contributed by atoms with van der Waals surface area (Å²) >= 11 is 0. The van der Waals surface area contributed by atoms with Crippen LogP contribution in [0.15, 0.2) is 53.3 Å². The number of nitrogens with zero attached hydrogens (tertiary/aromatic N) is 1. The molecule has 2 heterocycles. The van der Waals surface area contributed by atoms with Crippen LogP contribution in [0.4, 0.5) is 0 Å². The zero-order chi connectivity index (χ0) is 10.5. The highest BCUT2D eigenvalue weighted by Crippen LogP contribution is 2.04. The van der Waals surface area contributed by atoms with Crippen LogP contribution in [0, 0.1) is 0 Å². The molecule has 0 saturated heterocycles. The summed E-state index contributed by atoms with van der Waals surface area (Å²) in [5.41, 5.74) is 0.431. The summed E-state index contributed by atoms with van der Waals surface area (Å²) in [6.07, 6.45) is 6.22. The van der Waals surface area contributed by atoms with Crippen LogP contribution in [-0.2, 0) is 0 Å². The molecule has 0 aliphatic rings. The highest BCUT2D eigenvalue weighted by molar-refractivity contribution is 6.05. The molecule has 3 nitrogen and oxygen atoms in total. The average Bonchev–Trinajstić information content (AvgIpc) is 2.80. The third-order valence-corrected chi connectivity index (χ3v) is 1.86. The molecule has 0 N–H and O–H groups in total. The van der Waals surface area contributed by atoms with Gasteiger partial charge in [-0.05, 0) is 36.4 Å². The Bertz CT molecular complexity index is 458. The molecule has 2 rings (SSSR count). The van der Waals surface area contributed by atoms with Gasteiger partial charge in [-0.2, -0.15) is 0 Å². The number of aromatic nitrogens is 1. The number of carbonyl (C=O) groups excluding carboxylic acids is 1. The van der Waals surface area contributed by atoms with Gasteiger partial charge >= 0.3 is 0 Å². The monoisotopic (exact) mass is 199 g/mol. The lowest BCUT2D eigenvalue weighted by atomic mass is 10.2. The number of hydrogen-bond acceptors (Lipinski definition) is 3. The smallest absolute Gasteiger partial charge is 0.204 e. The third-order valence-electron chi connectivity index (χ3n) is 1.86. The minimum Gasteiger partial charge on any atom is -0.465 e. The molecular formula is C12H9NO2. The summed E-state index contributed by atoms with van der Waals surface area (Å²) in [6.45, 7) is 0. The first kappa shape index (κ1) is 9.40. The van der Waals surface area contributed by atoms with E-state index >= 15 is 0 Å². The molecule has 0 bridgehead atoms. The van der Waals surface area contributed by atoms with Crippen molar-refractivity contribution in [3.05, 3.63) is 60.3 Å². The Morgan fingerprint density at radius 3 is 2.87 bits per heavy atom. The molecule has 0 aliphatic heterocycles. The fraction of sp³-hybridized carbons (Fsp3) is 0. The molecule has 0 aromatic carbocycles. The molecule has 2 aromatic heterocycles. The number of furan rings is 1. The second kappa shape index (κ2) is 4.37. The summed E-state index contributed by atoms with van der Waals surface area (Å²) in [5.74, 6) is 0.520. The zero-order valence-corrected chi connectivity index (χ0v) is 7.96. The van der Waals surface area contributed by atoms with Crippen molar-refractivity contribution in [2.75, 3.05) is 0 Å². The summed E-state index contributed by atoms with van der Waals surface area (Å²) in [7, 11) is 0. The molecular weight excluding hydrogens is 190 g/mol. The van der Waals surface area contributed by atoms with E-state index in [0.29, 0.717) is 11.5 Å². The standard InChI is InChI=1S/C12H9NO2/c14-12(11-5-1-2-8-13-11)7-6-10-4-3-9-15-10/h1-9H/b7-6+. The minimum absolute atomic E-state index is 0.132. The van der Waals surface area contributed by atoms with Gasteiger partial charge in [0.25, 0.3) is 0 Å². The minimum atomic E-state index is -0.132. The van der Waals surface area contributed by atoms with Crippen molar-refractivity contribution in [3.63, 3.8) is 0 Å². The van der Waals surface area contributed by atoms with Gasteiger partial charge in [-0.3, -0.25) is 9.78 Å². The van der Waals surface area contributed by atoms with E-state index in [0.717, 1.165) is 0 Å². The van der Waals surface area contributed by atoms with Gasteiger partial charge in [0.15, 0.2) is 0 Å². The van der Waals surface area contributed by atoms with Crippen molar-refractivity contribution in [1.29, 1.82) is 0 Å². The van der Waals surface area contributed by atoms with Crippen LogP contribution in [0.25, 0.3) is 6.08 Å². The summed E-state index contributed by atoms with van der Waals surface area (Å²) in [4.78, 5) is 15.5. The summed E-state index contributed by atoms with van der Waals surface area (Å²) in [5, 5.41) is 0. The van der Waals surface area contributed by atoms with Crippen LogP contribution in [0.1, 0.15) is 16.2 Å². The number of rotatable bonds is 3. The Balaban J connectivity index is 2.11. The third kappa shape index (κ3) is 2.40.